The van der Waals surface area contributed by atoms with E-state index < -0.39 is 0 Å². The van der Waals surface area contributed by atoms with Crippen LogP contribution in [0.15, 0.2) is 74.7 Å². The SMILES string of the molecule is O=C(Cc1ccc(F)cc1)NN=Cc1ccc(-c2ccc(Br)cc2)o1. The Bertz CT molecular complexity index is 887. The molecule has 4 nitrogen and oxygen atoms in total. The molecule has 0 spiro atoms. The number of carbonyl (C=O) groups excluding carboxylic acids is 1. The van der Waals surface area contributed by atoms with Crippen LogP contribution in [0.1, 0.15) is 11.3 Å². The van der Waals surface area contributed by atoms with Crippen molar-refractivity contribution in [2.45, 2.75) is 6.42 Å². The lowest BCUT2D eigenvalue weighted by Crippen LogP contribution is -2.19. The molecule has 0 saturated carbocycles. The Labute approximate surface area is 152 Å². The minimum absolute atomic E-state index is 0.125. The smallest absolute Gasteiger partial charge is 0.244 e. The lowest BCUT2D eigenvalue weighted by Gasteiger charge is -2.00. The van der Waals surface area contributed by atoms with Crippen molar-refractivity contribution in [2.24, 2.45) is 5.10 Å². The fraction of sp³-hybridized carbons (Fsp3) is 0.0526. The van der Waals surface area contributed by atoms with Crippen molar-refractivity contribution >= 4 is 28.1 Å². The molecule has 0 aliphatic heterocycles. The van der Waals surface area contributed by atoms with E-state index in [0.717, 1.165) is 10.0 Å². The molecule has 126 valence electrons. The minimum atomic E-state index is -0.332. The molecule has 1 amide bonds. The Balaban J connectivity index is 1.56. The Morgan fingerprint density at radius 3 is 2.52 bits per heavy atom. The summed E-state index contributed by atoms with van der Waals surface area (Å²) in [6, 6.07) is 17.1. The van der Waals surface area contributed by atoms with E-state index in [1.165, 1.54) is 18.3 Å². The normalized spacial score (nSPS) is 11.0. The number of hydrogen-bond acceptors (Lipinski definition) is 3. The lowest BCUT2D eigenvalue weighted by atomic mass is 10.1. The van der Waals surface area contributed by atoms with E-state index in [1.54, 1.807) is 18.2 Å². The highest BCUT2D eigenvalue weighted by atomic mass is 79.9. The third-order valence-corrected chi connectivity index (χ3v) is 3.94. The summed E-state index contributed by atoms with van der Waals surface area (Å²) in [5.41, 5.74) is 4.08. The molecule has 2 aromatic carbocycles. The van der Waals surface area contributed by atoms with E-state index >= 15 is 0 Å². The van der Waals surface area contributed by atoms with Crippen molar-refractivity contribution < 1.29 is 13.6 Å². The van der Waals surface area contributed by atoms with Crippen LogP contribution in [0, 0.1) is 5.82 Å². The second-order valence-electron chi connectivity index (χ2n) is 5.31. The molecule has 1 aromatic heterocycles. The third kappa shape index (κ3) is 4.87. The van der Waals surface area contributed by atoms with Crippen molar-refractivity contribution in [3.63, 3.8) is 0 Å². The van der Waals surface area contributed by atoms with Gasteiger partial charge in [-0.25, -0.2) is 9.82 Å². The average Bonchev–Trinajstić information content (AvgIpc) is 3.06. The van der Waals surface area contributed by atoms with Gasteiger partial charge in [-0.05, 0) is 42.0 Å². The van der Waals surface area contributed by atoms with Crippen LogP contribution >= 0.6 is 15.9 Å². The molecule has 0 bridgehead atoms. The van der Waals surface area contributed by atoms with Gasteiger partial charge in [0, 0.05) is 10.0 Å². The average molecular weight is 401 g/mol. The number of nitrogens with one attached hydrogen (secondary N) is 1. The predicted octanol–water partition coefficient (Wildman–Crippen LogP) is 4.54. The molecular weight excluding hydrogens is 387 g/mol. The number of benzene rings is 2. The van der Waals surface area contributed by atoms with Crippen LogP contribution in [0.5, 0.6) is 0 Å². The number of hydrogen-bond donors (Lipinski definition) is 1. The van der Waals surface area contributed by atoms with Crippen LogP contribution in [-0.2, 0) is 11.2 Å². The highest BCUT2D eigenvalue weighted by Crippen LogP contribution is 2.23. The van der Waals surface area contributed by atoms with E-state index in [4.69, 9.17) is 4.42 Å². The van der Waals surface area contributed by atoms with Gasteiger partial charge in [0.05, 0.1) is 12.6 Å². The van der Waals surface area contributed by atoms with Crippen molar-refractivity contribution in [3.05, 3.63) is 82.3 Å². The van der Waals surface area contributed by atoms with Crippen LogP contribution in [0.4, 0.5) is 4.39 Å². The first-order valence-electron chi connectivity index (χ1n) is 7.52. The fourth-order valence-corrected chi connectivity index (χ4v) is 2.45. The molecule has 25 heavy (non-hydrogen) atoms. The van der Waals surface area contributed by atoms with Gasteiger partial charge in [0.2, 0.25) is 5.91 Å². The van der Waals surface area contributed by atoms with Crippen molar-refractivity contribution in [2.75, 3.05) is 0 Å². The molecule has 0 unspecified atom stereocenters. The van der Waals surface area contributed by atoms with Gasteiger partial charge in [-0.1, -0.05) is 40.2 Å². The van der Waals surface area contributed by atoms with Crippen LogP contribution in [-0.4, -0.2) is 12.1 Å². The molecule has 0 aliphatic rings. The van der Waals surface area contributed by atoms with Crippen molar-refractivity contribution in [1.82, 2.24) is 5.43 Å². The molecule has 6 heteroatoms. The van der Waals surface area contributed by atoms with Crippen LogP contribution in [0.25, 0.3) is 11.3 Å². The highest BCUT2D eigenvalue weighted by Gasteiger charge is 2.04. The summed E-state index contributed by atoms with van der Waals surface area (Å²) in [5.74, 6) is 0.621. The quantitative estimate of drug-likeness (QED) is 0.504. The van der Waals surface area contributed by atoms with Gasteiger partial charge < -0.3 is 4.42 Å². The number of hydrazone groups is 1. The predicted molar refractivity (Wildman–Crippen MR) is 97.7 cm³/mol. The monoisotopic (exact) mass is 400 g/mol. The van der Waals surface area contributed by atoms with E-state index in [2.05, 4.69) is 26.5 Å². The van der Waals surface area contributed by atoms with Gasteiger partial charge in [-0.15, -0.1) is 0 Å². The molecule has 0 aliphatic carbocycles. The second kappa shape index (κ2) is 7.90. The van der Waals surface area contributed by atoms with Gasteiger partial charge in [0.25, 0.3) is 0 Å². The number of halogens is 2. The zero-order valence-electron chi connectivity index (χ0n) is 13.1. The van der Waals surface area contributed by atoms with Crippen LogP contribution < -0.4 is 5.43 Å². The van der Waals surface area contributed by atoms with Gasteiger partial charge in [0.1, 0.15) is 17.3 Å². The molecule has 1 N–H and O–H groups in total. The number of nitrogens with zero attached hydrogens (tertiary/aromatic N) is 1. The van der Waals surface area contributed by atoms with Crippen molar-refractivity contribution in [1.29, 1.82) is 0 Å². The second-order valence-corrected chi connectivity index (χ2v) is 6.22. The van der Waals surface area contributed by atoms with Gasteiger partial charge in [-0.3, -0.25) is 4.79 Å². The summed E-state index contributed by atoms with van der Waals surface area (Å²) >= 11 is 3.39. The largest absolute Gasteiger partial charge is 0.455 e. The molecular formula is C19H14BrFN2O2. The zero-order chi connectivity index (χ0) is 17.6. The summed E-state index contributed by atoms with van der Waals surface area (Å²) in [5, 5.41) is 3.88. The molecule has 0 saturated heterocycles. The maximum Gasteiger partial charge on any atom is 0.244 e. The van der Waals surface area contributed by atoms with Gasteiger partial charge >= 0.3 is 0 Å². The van der Waals surface area contributed by atoms with Gasteiger partial charge in [0.15, 0.2) is 0 Å². The maximum absolute atomic E-state index is 12.8. The number of amides is 1. The summed E-state index contributed by atoms with van der Waals surface area (Å²) in [4.78, 5) is 11.8. The first-order chi connectivity index (χ1) is 12.1. The maximum atomic E-state index is 12.8. The Hall–Kier alpha value is -2.73. The van der Waals surface area contributed by atoms with E-state index in [0.29, 0.717) is 17.1 Å². The molecule has 1 heterocycles. The Morgan fingerprint density at radius 1 is 1.08 bits per heavy atom. The number of furan rings is 1. The molecule has 3 aromatic rings. The molecule has 3 rings (SSSR count). The van der Waals surface area contributed by atoms with Crippen molar-refractivity contribution in [3.8, 4) is 11.3 Å². The van der Waals surface area contributed by atoms with E-state index in [1.807, 2.05) is 30.3 Å². The first kappa shape index (κ1) is 17.1. The zero-order valence-corrected chi connectivity index (χ0v) is 14.7. The lowest BCUT2D eigenvalue weighted by molar-refractivity contribution is -0.120. The topological polar surface area (TPSA) is 54.6 Å². The minimum Gasteiger partial charge on any atom is -0.455 e. The summed E-state index contributed by atoms with van der Waals surface area (Å²) in [6.07, 6.45) is 1.56. The summed E-state index contributed by atoms with van der Waals surface area (Å²) in [6.45, 7) is 0. The van der Waals surface area contributed by atoms with Gasteiger partial charge in [-0.2, -0.15) is 5.10 Å². The first-order valence-corrected chi connectivity index (χ1v) is 8.31. The fourth-order valence-electron chi connectivity index (χ4n) is 2.19. The van der Waals surface area contributed by atoms with E-state index in [9.17, 15) is 9.18 Å². The summed E-state index contributed by atoms with van der Waals surface area (Å²) in [7, 11) is 0. The van der Waals surface area contributed by atoms with E-state index in [-0.39, 0.29) is 18.1 Å². The Kier molecular flexibility index (Phi) is 5.40. The highest BCUT2D eigenvalue weighted by molar-refractivity contribution is 9.10. The molecule has 0 atom stereocenters. The number of rotatable bonds is 5. The standard InChI is InChI=1S/C19H14BrFN2O2/c20-15-5-3-14(4-6-15)18-10-9-17(25-18)12-22-23-19(24)11-13-1-7-16(21)8-2-13/h1-10,12H,11H2,(H,23,24). The van der Waals surface area contributed by atoms with Crippen LogP contribution in [0.3, 0.4) is 0 Å². The Morgan fingerprint density at radius 2 is 1.80 bits per heavy atom. The number of carbonyl (C=O) groups is 1. The molecule has 0 fully saturated rings. The molecule has 0 radical (unpaired) electrons. The van der Waals surface area contributed by atoms with Crippen LogP contribution in [0.2, 0.25) is 0 Å². The summed E-state index contributed by atoms with van der Waals surface area (Å²) < 4.78 is 19.5. The third-order valence-electron chi connectivity index (χ3n) is 3.41.